The molecule has 0 saturated carbocycles. The highest BCUT2D eigenvalue weighted by atomic mass is 32.2. The molecule has 0 aliphatic carbocycles. The van der Waals surface area contributed by atoms with Crippen molar-refractivity contribution in [2.45, 2.75) is 17.4 Å². The molecule has 4 nitrogen and oxygen atoms in total. The quantitative estimate of drug-likeness (QED) is 0.834. The van der Waals surface area contributed by atoms with Gasteiger partial charge in [0.15, 0.2) is 5.82 Å². The molecule has 0 unspecified atom stereocenters. The molecule has 1 rings (SSSR count). The molecule has 0 radical (unpaired) electrons. The lowest BCUT2D eigenvalue weighted by Crippen LogP contribution is -2.41. The van der Waals surface area contributed by atoms with E-state index in [0.29, 0.717) is 0 Å². The maximum Gasteiger partial charge on any atom is 0.320 e. The largest absolute Gasteiger partial charge is 0.320 e. The Morgan fingerprint density at radius 1 is 1.39 bits per heavy atom. The first-order chi connectivity index (χ1) is 8.17. The lowest BCUT2D eigenvalue weighted by Gasteiger charge is -2.15. The summed E-state index contributed by atoms with van der Waals surface area (Å²) in [6.07, 6.45) is -3.11. The van der Waals surface area contributed by atoms with Gasteiger partial charge >= 0.3 is 12.3 Å². The molecule has 0 spiro atoms. The summed E-state index contributed by atoms with van der Waals surface area (Å²) in [6.45, 7) is -1.84. The van der Waals surface area contributed by atoms with E-state index in [1.165, 1.54) is 4.72 Å². The Labute approximate surface area is 98.9 Å². The highest BCUT2D eigenvalue weighted by Gasteiger charge is 2.42. The van der Waals surface area contributed by atoms with Gasteiger partial charge in [0.05, 0.1) is 6.54 Å². The average molecular weight is 290 g/mol. The monoisotopic (exact) mass is 290 g/mol. The molecule has 0 fully saturated rings. The Morgan fingerprint density at radius 3 is 2.50 bits per heavy atom. The molecule has 102 valence electrons. The second-order valence-electron chi connectivity index (χ2n) is 3.18. The number of sulfonamides is 1. The summed E-state index contributed by atoms with van der Waals surface area (Å²) in [5, 5.41) is -1.13. The Balaban J connectivity index is 2.88. The van der Waals surface area contributed by atoms with Gasteiger partial charge in [0, 0.05) is 6.20 Å². The van der Waals surface area contributed by atoms with Crippen LogP contribution < -0.4 is 4.72 Å². The maximum atomic E-state index is 13.0. The number of hydrogen-bond donors (Lipinski definition) is 1. The van der Waals surface area contributed by atoms with Crippen LogP contribution in [0.5, 0.6) is 0 Å². The molecule has 1 heterocycles. The lowest BCUT2D eigenvalue weighted by molar-refractivity contribution is -0.122. The first-order valence-corrected chi connectivity index (χ1v) is 5.91. The normalized spacial score (nSPS) is 13.0. The molecule has 0 saturated heterocycles. The van der Waals surface area contributed by atoms with Crippen LogP contribution in [0.2, 0.25) is 0 Å². The van der Waals surface area contributed by atoms with Crippen molar-refractivity contribution >= 4 is 10.0 Å². The average Bonchev–Trinajstić information content (AvgIpc) is 2.27. The van der Waals surface area contributed by atoms with Gasteiger partial charge in [-0.15, -0.1) is 0 Å². The molecule has 10 heteroatoms. The minimum Gasteiger partial charge on any atom is -0.241 e. The predicted octanol–water partition coefficient (Wildman–Crippen LogP) is 1.40. The van der Waals surface area contributed by atoms with Gasteiger partial charge in [0.25, 0.3) is 10.0 Å². The van der Waals surface area contributed by atoms with Crippen LogP contribution in [0.4, 0.5) is 22.0 Å². The Bertz CT molecular complexity index is 520. The number of nitrogens with zero attached hydrogens (tertiary/aromatic N) is 1. The molecule has 18 heavy (non-hydrogen) atoms. The molecular weight excluding hydrogens is 283 g/mol. The summed E-state index contributed by atoms with van der Waals surface area (Å²) in [4.78, 5) is 3.14. The van der Waals surface area contributed by atoms with Crippen molar-refractivity contribution in [2.75, 3.05) is 6.54 Å². The van der Waals surface area contributed by atoms with E-state index in [9.17, 15) is 30.4 Å². The molecule has 1 aromatic heterocycles. The van der Waals surface area contributed by atoms with Gasteiger partial charge in [-0.05, 0) is 12.1 Å². The van der Waals surface area contributed by atoms with Crippen molar-refractivity contribution in [2.24, 2.45) is 0 Å². The number of halogens is 5. The topological polar surface area (TPSA) is 59.1 Å². The van der Waals surface area contributed by atoms with Crippen LogP contribution in [0.3, 0.4) is 0 Å². The molecule has 0 atom stereocenters. The van der Waals surface area contributed by atoms with Gasteiger partial charge < -0.3 is 0 Å². The van der Waals surface area contributed by atoms with Crippen molar-refractivity contribution in [3.8, 4) is 0 Å². The zero-order valence-corrected chi connectivity index (χ0v) is 9.39. The van der Waals surface area contributed by atoms with E-state index < -0.39 is 39.8 Å². The highest BCUT2D eigenvalue weighted by molar-refractivity contribution is 7.89. The van der Waals surface area contributed by atoms with Gasteiger partial charge in [-0.3, -0.25) is 0 Å². The van der Waals surface area contributed by atoms with Crippen LogP contribution in [0, 0.1) is 5.82 Å². The van der Waals surface area contributed by atoms with E-state index in [4.69, 9.17) is 0 Å². The van der Waals surface area contributed by atoms with E-state index in [1.807, 2.05) is 0 Å². The number of nitrogens with one attached hydrogen (secondary N) is 1. The zero-order valence-electron chi connectivity index (χ0n) is 8.58. The van der Waals surface area contributed by atoms with Gasteiger partial charge in [-0.1, -0.05) is 0 Å². The van der Waals surface area contributed by atoms with Crippen LogP contribution in [-0.2, 0) is 10.0 Å². The third-order valence-corrected chi connectivity index (χ3v) is 3.13. The first kappa shape index (κ1) is 14.8. The smallest absolute Gasteiger partial charge is 0.241 e. The van der Waals surface area contributed by atoms with E-state index in [2.05, 4.69) is 4.98 Å². The molecule has 1 aromatic rings. The summed E-state index contributed by atoms with van der Waals surface area (Å²) < 4.78 is 85.5. The maximum absolute atomic E-state index is 13.0. The predicted molar refractivity (Wildman–Crippen MR) is 50.3 cm³/mol. The van der Waals surface area contributed by atoms with Gasteiger partial charge in [0.1, 0.15) is 0 Å². The third-order valence-electron chi connectivity index (χ3n) is 1.80. The van der Waals surface area contributed by atoms with E-state index >= 15 is 0 Å². The summed E-state index contributed by atoms with van der Waals surface area (Å²) >= 11 is 0. The lowest BCUT2D eigenvalue weighted by atomic mass is 10.4. The summed E-state index contributed by atoms with van der Waals surface area (Å²) in [7, 11) is -4.71. The number of pyridine rings is 1. The fourth-order valence-electron chi connectivity index (χ4n) is 0.906. The van der Waals surface area contributed by atoms with Crippen LogP contribution in [0.25, 0.3) is 0 Å². The van der Waals surface area contributed by atoms with Crippen molar-refractivity contribution in [1.82, 2.24) is 9.71 Å². The standard InChI is InChI=1S/C8H7F5N2O2S/c9-5-2-1-3-14-6(5)18(16,17)15-4-8(12,13)7(10)11/h1-3,7,15H,4H2. The molecule has 0 amide bonds. The minimum absolute atomic E-state index is 0.743. The zero-order chi connectivity index (χ0) is 14.0. The summed E-state index contributed by atoms with van der Waals surface area (Å²) in [5.74, 6) is -5.82. The molecular formula is C8H7F5N2O2S. The molecule has 0 aliphatic heterocycles. The second kappa shape index (κ2) is 5.14. The summed E-state index contributed by atoms with van der Waals surface area (Å²) in [5.41, 5.74) is 0. The fourth-order valence-corrected chi connectivity index (χ4v) is 1.95. The van der Waals surface area contributed by atoms with Crippen LogP contribution in [-0.4, -0.2) is 32.3 Å². The number of hydrogen-bond acceptors (Lipinski definition) is 3. The Kier molecular flexibility index (Phi) is 4.22. The van der Waals surface area contributed by atoms with Crippen molar-refractivity contribution in [3.05, 3.63) is 24.1 Å². The minimum atomic E-state index is -4.71. The van der Waals surface area contributed by atoms with Crippen molar-refractivity contribution in [1.29, 1.82) is 0 Å². The van der Waals surface area contributed by atoms with E-state index in [1.54, 1.807) is 0 Å². The van der Waals surface area contributed by atoms with Gasteiger partial charge in [-0.2, -0.15) is 8.78 Å². The number of aromatic nitrogens is 1. The molecule has 0 aliphatic rings. The fraction of sp³-hybridized carbons (Fsp3) is 0.375. The van der Waals surface area contributed by atoms with Gasteiger partial charge in [0.2, 0.25) is 5.03 Å². The summed E-state index contributed by atoms with van der Waals surface area (Å²) in [6, 6.07) is 1.83. The number of rotatable bonds is 5. The first-order valence-electron chi connectivity index (χ1n) is 4.43. The molecule has 0 aromatic carbocycles. The second-order valence-corrected chi connectivity index (χ2v) is 4.86. The molecule has 0 bridgehead atoms. The molecule has 1 N–H and O–H groups in total. The van der Waals surface area contributed by atoms with E-state index in [0.717, 1.165) is 18.3 Å². The van der Waals surface area contributed by atoms with Crippen LogP contribution in [0.1, 0.15) is 0 Å². The van der Waals surface area contributed by atoms with Crippen molar-refractivity contribution < 1.29 is 30.4 Å². The van der Waals surface area contributed by atoms with E-state index in [-0.39, 0.29) is 0 Å². The number of alkyl halides is 4. The Hall–Kier alpha value is -1.29. The third kappa shape index (κ3) is 3.35. The van der Waals surface area contributed by atoms with Crippen LogP contribution >= 0.6 is 0 Å². The highest BCUT2D eigenvalue weighted by Crippen LogP contribution is 2.22. The van der Waals surface area contributed by atoms with Crippen molar-refractivity contribution in [3.63, 3.8) is 0 Å². The Morgan fingerprint density at radius 2 is 2.00 bits per heavy atom. The SMILES string of the molecule is O=S(=O)(NCC(F)(F)C(F)F)c1ncccc1F. The van der Waals surface area contributed by atoms with Crippen LogP contribution in [0.15, 0.2) is 23.4 Å². The van der Waals surface area contributed by atoms with Gasteiger partial charge in [-0.25, -0.2) is 31.3 Å².